The number of hydrogen-bond acceptors (Lipinski definition) is 4. The zero-order valence-corrected chi connectivity index (χ0v) is 22.9. The van der Waals surface area contributed by atoms with Gasteiger partial charge in [0.25, 0.3) is 0 Å². The summed E-state index contributed by atoms with van der Waals surface area (Å²) in [5.74, 6) is 0.440. The maximum Gasteiger partial charge on any atom is 0.245 e. The van der Waals surface area contributed by atoms with Crippen molar-refractivity contribution in [2.75, 3.05) is 33.8 Å². The first-order chi connectivity index (χ1) is 18.8. The number of likely N-dealkylation sites (N-methyl/N-ethyl adjacent to an activating group) is 1. The molecule has 6 nitrogen and oxygen atoms in total. The Labute approximate surface area is 229 Å². The number of carbonyl (C=O) groups excluding carboxylic acids is 1. The predicted octanol–water partition coefficient (Wildman–Crippen LogP) is 5.93. The second-order valence-electron chi connectivity index (χ2n) is 9.80. The van der Waals surface area contributed by atoms with Crippen molar-refractivity contribution in [3.8, 4) is 5.75 Å². The van der Waals surface area contributed by atoms with Crippen molar-refractivity contribution in [1.29, 1.82) is 0 Å². The molecule has 1 aromatic heterocycles. The van der Waals surface area contributed by atoms with Gasteiger partial charge in [0.05, 0.1) is 10.9 Å². The third-order valence-corrected chi connectivity index (χ3v) is 6.39. The lowest BCUT2D eigenvalue weighted by Gasteiger charge is -2.21. The quantitative estimate of drug-likeness (QED) is 0.144. The van der Waals surface area contributed by atoms with Crippen molar-refractivity contribution >= 4 is 28.0 Å². The molecule has 7 heteroatoms. The monoisotopic (exact) mass is 526 g/mol. The van der Waals surface area contributed by atoms with Gasteiger partial charge in [0.1, 0.15) is 12.4 Å². The summed E-state index contributed by atoms with van der Waals surface area (Å²) in [4.78, 5) is 13.1. The summed E-state index contributed by atoms with van der Waals surface area (Å²) in [5.41, 5.74) is 5.96. The first-order valence-electron chi connectivity index (χ1n) is 13.1. The average molecular weight is 527 g/mol. The molecule has 0 unspecified atom stereocenters. The van der Waals surface area contributed by atoms with Crippen molar-refractivity contribution in [2.24, 2.45) is 5.92 Å². The van der Waals surface area contributed by atoms with E-state index in [9.17, 15) is 9.18 Å². The lowest BCUT2D eigenvalue weighted by Crippen LogP contribution is -2.22. The number of nitrogens with zero attached hydrogens (tertiary/aromatic N) is 2. The van der Waals surface area contributed by atoms with Crippen LogP contribution in [-0.2, 0) is 4.79 Å². The highest BCUT2D eigenvalue weighted by Crippen LogP contribution is 2.38. The van der Waals surface area contributed by atoms with Gasteiger partial charge in [0, 0.05) is 33.3 Å². The SMILES string of the molecule is CC(C)C(=C(c1ccc(OCCNCC=CC(=O)N(C)C)cc1)c1ccc2[nH]nc(F)c2c1)c1ccccc1. The van der Waals surface area contributed by atoms with Crippen LogP contribution in [-0.4, -0.2) is 54.8 Å². The van der Waals surface area contributed by atoms with Gasteiger partial charge in [-0.3, -0.25) is 9.89 Å². The molecule has 0 bridgehead atoms. The van der Waals surface area contributed by atoms with E-state index in [4.69, 9.17) is 4.74 Å². The Balaban J connectivity index is 1.56. The number of aromatic nitrogens is 2. The van der Waals surface area contributed by atoms with Gasteiger partial charge in [-0.1, -0.05) is 68.5 Å². The summed E-state index contributed by atoms with van der Waals surface area (Å²) < 4.78 is 20.3. The van der Waals surface area contributed by atoms with Gasteiger partial charge >= 0.3 is 0 Å². The molecule has 4 aromatic rings. The highest BCUT2D eigenvalue weighted by molar-refractivity contribution is 6.01. The first-order valence-corrected chi connectivity index (χ1v) is 13.1. The largest absolute Gasteiger partial charge is 0.492 e. The number of ether oxygens (including phenoxy) is 1. The number of fused-ring (bicyclic) bond motifs is 1. The van der Waals surface area contributed by atoms with Crippen molar-refractivity contribution < 1.29 is 13.9 Å². The maximum absolute atomic E-state index is 14.4. The van der Waals surface area contributed by atoms with E-state index < -0.39 is 5.95 Å². The highest BCUT2D eigenvalue weighted by Gasteiger charge is 2.18. The number of aromatic amines is 1. The van der Waals surface area contributed by atoms with Crippen LogP contribution in [0.3, 0.4) is 0 Å². The van der Waals surface area contributed by atoms with E-state index in [2.05, 4.69) is 53.6 Å². The molecule has 4 rings (SSSR count). The third kappa shape index (κ3) is 7.00. The minimum Gasteiger partial charge on any atom is -0.492 e. The average Bonchev–Trinajstić information content (AvgIpc) is 3.31. The minimum absolute atomic E-state index is 0.0377. The number of nitrogens with one attached hydrogen (secondary N) is 2. The third-order valence-electron chi connectivity index (χ3n) is 6.39. The van der Waals surface area contributed by atoms with Gasteiger partial charge in [-0.25, -0.2) is 0 Å². The molecule has 0 saturated heterocycles. The van der Waals surface area contributed by atoms with Crippen molar-refractivity contribution in [3.05, 3.63) is 108 Å². The Bertz CT molecular complexity index is 1450. The van der Waals surface area contributed by atoms with E-state index >= 15 is 0 Å². The smallest absolute Gasteiger partial charge is 0.245 e. The standard InChI is InChI=1S/C32H35FN4O2/c1-22(2)30(23-9-6-5-7-10-23)31(25-14-17-28-27(21-25)32(33)36-35-28)24-12-15-26(16-13-24)39-20-19-34-18-8-11-29(38)37(3)4/h5-17,21-22,34H,18-20H2,1-4H3,(H,35,36). The Morgan fingerprint density at radius 3 is 2.44 bits per heavy atom. The molecule has 1 heterocycles. The molecule has 3 aromatic carbocycles. The van der Waals surface area contributed by atoms with Crippen LogP contribution in [0.5, 0.6) is 5.75 Å². The lowest BCUT2D eigenvalue weighted by molar-refractivity contribution is -0.123. The molecule has 0 aliphatic rings. The molecule has 39 heavy (non-hydrogen) atoms. The second kappa shape index (κ2) is 13.0. The van der Waals surface area contributed by atoms with Crippen LogP contribution < -0.4 is 10.1 Å². The summed E-state index contributed by atoms with van der Waals surface area (Å²) in [5, 5.41) is 10.2. The molecule has 0 aliphatic carbocycles. The van der Waals surface area contributed by atoms with Crippen LogP contribution >= 0.6 is 0 Å². The molecular weight excluding hydrogens is 491 g/mol. The number of halogens is 1. The van der Waals surface area contributed by atoms with Gasteiger partial charge in [-0.05, 0) is 58.0 Å². The Kier molecular flexibility index (Phi) is 9.28. The summed E-state index contributed by atoms with van der Waals surface area (Å²) in [6.45, 7) is 6.09. The Hall–Kier alpha value is -4.23. The number of benzene rings is 3. The summed E-state index contributed by atoms with van der Waals surface area (Å²) in [6, 6.07) is 24.1. The number of carbonyl (C=O) groups is 1. The first kappa shape index (κ1) is 27.8. The van der Waals surface area contributed by atoms with Crippen LogP contribution in [0.1, 0.15) is 30.5 Å². The topological polar surface area (TPSA) is 70.2 Å². The highest BCUT2D eigenvalue weighted by atomic mass is 19.1. The normalized spacial score (nSPS) is 12.3. The molecule has 0 saturated carbocycles. The Morgan fingerprint density at radius 1 is 1.03 bits per heavy atom. The van der Waals surface area contributed by atoms with E-state index in [1.165, 1.54) is 10.5 Å². The predicted molar refractivity (Wildman–Crippen MR) is 156 cm³/mol. The fourth-order valence-corrected chi connectivity index (χ4v) is 4.45. The van der Waals surface area contributed by atoms with Gasteiger partial charge in [0.15, 0.2) is 0 Å². The second-order valence-corrected chi connectivity index (χ2v) is 9.80. The van der Waals surface area contributed by atoms with Gasteiger partial charge < -0.3 is 15.0 Å². The summed E-state index contributed by atoms with van der Waals surface area (Å²) in [6.07, 6.45) is 3.36. The van der Waals surface area contributed by atoms with E-state index in [-0.39, 0.29) is 11.8 Å². The van der Waals surface area contributed by atoms with E-state index in [1.807, 2.05) is 48.5 Å². The van der Waals surface area contributed by atoms with Crippen LogP contribution in [0.15, 0.2) is 84.9 Å². The zero-order valence-electron chi connectivity index (χ0n) is 22.9. The number of allylic oxidation sites excluding steroid dienone is 1. The van der Waals surface area contributed by atoms with Gasteiger partial charge in [-0.2, -0.15) is 4.39 Å². The van der Waals surface area contributed by atoms with Crippen molar-refractivity contribution in [2.45, 2.75) is 13.8 Å². The van der Waals surface area contributed by atoms with E-state index in [0.29, 0.717) is 30.6 Å². The molecule has 0 radical (unpaired) electrons. The van der Waals surface area contributed by atoms with Crippen LogP contribution in [0.2, 0.25) is 0 Å². The zero-order chi connectivity index (χ0) is 27.8. The molecule has 0 atom stereocenters. The molecule has 1 amide bonds. The number of amides is 1. The van der Waals surface area contributed by atoms with Crippen LogP contribution in [0.25, 0.3) is 22.0 Å². The molecule has 0 fully saturated rings. The van der Waals surface area contributed by atoms with E-state index in [1.54, 1.807) is 26.2 Å². The van der Waals surface area contributed by atoms with Crippen LogP contribution in [0.4, 0.5) is 4.39 Å². The molecule has 0 aliphatic heterocycles. The minimum atomic E-state index is -0.505. The molecule has 0 spiro atoms. The number of H-pyrrole nitrogens is 1. The fourth-order valence-electron chi connectivity index (χ4n) is 4.45. The number of rotatable bonds is 11. The van der Waals surface area contributed by atoms with Gasteiger partial charge in [0.2, 0.25) is 11.9 Å². The Morgan fingerprint density at radius 2 is 1.74 bits per heavy atom. The molecule has 202 valence electrons. The van der Waals surface area contributed by atoms with Crippen LogP contribution in [0, 0.1) is 11.9 Å². The fraction of sp³-hybridized carbons (Fsp3) is 0.250. The molecule has 2 N–H and O–H groups in total. The number of hydrogen-bond donors (Lipinski definition) is 2. The summed E-state index contributed by atoms with van der Waals surface area (Å²) >= 11 is 0. The van der Waals surface area contributed by atoms with Crippen molar-refractivity contribution in [3.63, 3.8) is 0 Å². The molecular formula is C32H35FN4O2. The van der Waals surface area contributed by atoms with Gasteiger partial charge in [-0.15, -0.1) is 5.10 Å². The lowest BCUT2D eigenvalue weighted by atomic mass is 9.84. The van der Waals surface area contributed by atoms with Crippen molar-refractivity contribution in [1.82, 2.24) is 20.4 Å². The maximum atomic E-state index is 14.4. The summed E-state index contributed by atoms with van der Waals surface area (Å²) in [7, 11) is 3.45. The van der Waals surface area contributed by atoms with E-state index in [0.717, 1.165) is 28.0 Å².